The van der Waals surface area contributed by atoms with E-state index in [1.54, 1.807) is 36.4 Å². The largest absolute Gasteiger partial charge is 0.504 e. The van der Waals surface area contributed by atoms with Gasteiger partial charge in [0, 0.05) is 11.8 Å². The zero-order valence-corrected chi connectivity index (χ0v) is 15.0. The zero-order chi connectivity index (χ0) is 19.1. The average molecular weight is 374 g/mol. The van der Waals surface area contributed by atoms with E-state index < -0.39 is 6.29 Å². The Hall–Kier alpha value is -2.48. The van der Waals surface area contributed by atoms with Gasteiger partial charge in [0.05, 0.1) is 33.0 Å². The first kappa shape index (κ1) is 17.9. The van der Waals surface area contributed by atoms with E-state index in [-0.39, 0.29) is 35.5 Å². The van der Waals surface area contributed by atoms with Crippen LogP contribution < -0.4 is 9.47 Å². The third kappa shape index (κ3) is 2.97. The molecule has 4 rings (SSSR count). The van der Waals surface area contributed by atoms with Crippen molar-refractivity contribution in [1.29, 1.82) is 0 Å². The highest BCUT2D eigenvalue weighted by Gasteiger charge is 2.53. The molecule has 3 N–H and O–H groups in total. The molecule has 0 unspecified atom stereocenters. The average Bonchev–Trinajstić information content (AvgIpc) is 3.24. The quantitative estimate of drug-likeness (QED) is 0.756. The minimum atomic E-state index is -0.993. The second-order valence-electron chi connectivity index (χ2n) is 6.80. The molecule has 2 aromatic carbocycles. The summed E-state index contributed by atoms with van der Waals surface area (Å²) < 4.78 is 22.2. The van der Waals surface area contributed by atoms with Crippen LogP contribution in [0.2, 0.25) is 0 Å². The van der Waals surface area contributed by atoms with Gasteiger partial charge in [-0.3, -0.25) is 0 Å². The summed E-state index contributed by atoms with van der Waals surface area (Å²) >= 11 is 0. The summed E-state index contributed by atoms with van der Waals surface area (Å²) in [5.74, 6) is 0.491. The van der Waals surface area contributed by atoms with Gasteiger partial charge in [-0.2, -0.15) is 0 Å². The van der Waals surface area contributed by atoms with Crippen LogP contribution in [0.5, 0.6) is 23.0 Å². The number of aromatic hydroxyl groups is 2. The predicted molar refractivity (Wildman–Crippen MR) is 94.8 cm³/mol. The number of phenolic OH excluding ortho intramolecular Hbond substituents is 2. The predicted octanol–water partition coefficient (Wildman–Crippen LogP) is 2.51. The molecule has 0 amide bonds. The van der Waals surface area contributed by atoms with Crippen molar-refractivity contribution in [2.75, 3.05) is 20.8 Å². The van der Waals surface area contributed by atoms with E-state index in [9.17, 15) is 15.3 Å². The number of hydrogen-bond donors (Lipinski definition) is 3. The first-order valence-corrected chi connectivity index (χ1v) is 8.72. The molecule has 7 nitrogen and oxygen atoms in total. The SMILES string of the molecule is COc1cc([C@H]2O[C@H](O)[C@H]3[C@@H]2CO[C@@H]3c2ccc(O)c(OC)c2)ccc1O. The van der Waals surface area contributed by atoms with Gasteiger partial charge in [-0.15, -0.1) is 0 Å². The number of benzene rings is 2. The molecule has 0 aliphatic carbocycles. The van der Waals surface area contributed by atoms with Crippen LogP contribution in [-0.4, -0.2) is 42.4 Å². The molecule has 27 heavy (non-hydrogen) atoms. The number of hydrogen-bond acceptors (Lipinski definition) is 7. The second-order valence-corrected chi connectivity index (χ2v) is 6.80. The minimum absolute atomic E-state index is 0.0492. The van der Waals surface area contributed by atoms with E-state index in [4.69, 9.17) is 18.9 Å². The second kappa shape index (κ2) is 6.92. The van der Waals surface area contributed by atoms with Gasteiger partial charge in [-0.25, -0.2) is 0 Å². The van der Waals surface area contributed by atoms with Crippen molar-refractivity contribution < 1.29 is 34.3 Å². The lowest BCUT2D eigenvalue weighted by molar-refractivity contribution is -0.134. The third-order valence-corrected chi connectivity index (χ3v) is 5.38. The molecule has 0 aromatic heterocycles. The zero-order valence-electron chi connectivity index (χ0n) is 15.0. The number of phenols is 2. The van der Waals surface area contributed by atoms with Crippen LogP contribution in [0.25, 0.3) is 0 Å². The molecule has 7 heteroatoms. The van der Waals surface area contributed by atoms with E-state index in [0.717, 1.165) is 11.1 Å². The van der Waals surface area contributed by atoms with Gasteiger partial charge in [0.1, 0.15) is 0 Å². The summed E-state index contributed by atoms with van der Waals surface area (Å²) in [5, 5.41) is 30.2. The number of methoxy groups -OCH3 is 2. The summed E-state index contributed by atoms with van der Waals surface area (Å²) in [5.41, 5.74) is 1.62. The van der Waals surface area contributed by atoms with Crippen molar-refractivity contribution in [1.82, 2.24) is 0 Å². The third-order valence-electron chi connectivity index (χ3n) is 5.38. The molecule has 2 fully saturated rings. The summed E-state index contributed by atoms with van der Waals surface area (Å²) in [6.07, 6.45) is -1.74. The summed E-state index contributed by atoms with van der Waals surface area (Å²) in [6.45, 7) is 0.420. The molecule has 2 saturated heterocycles. The lowest BCUT2D eigenvalue weighted by atomic mass is 9.84. The van der Waals surface area contributed by atoms with Crippen molar-refractivity contribution in [3.8, 4) is 23.0 Å². The molecule has 5 atom stereocenters. The summed E-state index contributed by atoms with van der Waals surface area (Å²) in [4.78, 5) is 0. The van der Waals surface area contributed by atoms with Crippen LogP contribution >= 0.6 is 0 Å². The maximum Gasteiger partial charge on any atom is 0.161 e. The molecule has 2 aliphatic rings. The normalized spacial score (nSPS) is 29.5. The lowest BCUT2D eigenvalue weighted by Gasteiger charge is -2.20. The molecular weight excluding hydrogens is 352 g/mol. The maximum atomic E-state index is 10.6. The van der Waals surface area contributed by atoms with Crippen molar-refractivity contribution >= 4 is 0 Å². The monoisotopic (exact) mass is 374 g/mol. The van der Waals surface area contributed by atoms with Crippen molar-refractivity contribution in [3.05, 3.63) is 47.5 Å². The highest BCUT2D eigenvalue weighted by atomic mass is 16.6. The van der Waals surface area contributed by atoms with E-state index in [1.807, 2.05) is 0 Å². The Balaban J connectivity index is 1.63. The molecule has 0 spiro atoms. The van der Waals surface area contributed by atoms with Crippen molar-refractivity contribution in [3.63, 3.8) is 0 Å². The molecule has 0 radical (unpaired) electrons. The van der Waals surface area contributed by atoms with Gasteiger partial charge >= 0.3 is 0 Å². The molecule has 2 heterocycles. The van der Waals surface area contributed by atoms with Gasteiger partial charge in [0.15, 0.2) is 29.3 Å². The van der Waals surface area contributed by atoms with Gasteiger partial charge in [0.25, 0.3) is 0 Å². The molecule has 2 aromatic rings. The summed E-state index contributed by atoms with van der Waals surface area (Å²) in [6, 6.07) is 10.0. The Kier molecular flexibility index (Phi) is 4.59. The Morgan fingerprint density at radius 3 is 2.00 bits per heavy atom. The van der Waals surface area contributed by atoms with E-state index in [0.29, 0.717) is 18.1 Å². The Labute approximate surface area is 156 Å². The van der Waals surface area contributed by atoms with Crippen LogP contribution in [0.4, 0.5) is 0 Å². The van der Waals surface area contributed by atoms with Crippen LogP contribution in [0, 0.1) is 11.8 Å². The standard InChI is InChI=1S/C20H22O7/c1-24-15-7-10(3-5-13(15)21)18-12-9-26-19(17(12)20(23)27-18)11-4-6-14(22)16(8-11)25-2/h3-8,12,17-23H,9H2,1-2H3/t12-,17-,18+,19+,20-/m0/s1. The van der Waals surface area contributed by atoms with Crippen LogP contribution in [0.1, 0.15) is 23.3 Å². The molecular formula is C20H22O7. The van der Waals surface area contributed by atoms with Gasteiger partial charge in [0.2, 0.25) is 0 Å². The number of rotatable bonds is 4. The molecule has 0 saturated carbocycles. The Bertz CT molecular complexity index is 786. The maximum absolute atomic E-state index is 10.6. The Morgan fingerprint density at radius 1 is 0.889 bits per heavy atom. The highest BCUT2D eigenvalue weighted by molar-refractivity contribution is 5.44. The van der Waals surface area contributed by atoms with Crippen LogP contribution in [0.3, 0.4) is 0 Å². The fourth-order valence-corrected chi connectivity index (χ4v) is 4.04. The first-order chi connectivity index (χ1) is 13.0. The molecule has 0 bridgehead atoms. The first-order valence-electron chi connectivity index (χ1n) is 8.72. The van der Waals surface area contributed by atoms with Gasteiger partial charge in [-0.1, -0.05) is 12.1 Å². The van der Waals surface area contributed by atoms with E-state index in [2.05, 4.69) is 0 Å². The Morgan fingerprint density at radius 2 is 1.44 bits per heavy atom. The van der Waals surface area contributed by atoms with Gasteiger partial charge in [-0.05, 0) is 35.4 Å². The molecule has 2 aliphatic heterocycles. The van der Waals surface area contributed by atoms with E-state index in [1.165, 1.54) is 14.2 Å². The van der Waals surface area contributed by atoms with Crippen LogP contribution in [0.15, 0.2) is 36.4 Å². The fraction of sp³-hybridized carbons (Fsp3) is 0.400. The van der Waals surface area contributed by atoms with Gasteiger partial charge < -0.3 is 34.3 Å². The number of aliphatic hydroxyl groups excluding tert-OH is 1. The number of ether oxygens (including phenoxy) is 4. The topological polar surface area (TPSA) is 97.6 Å². The number of aliphatic hydroxyl groups is 1. The molecule has 144 valence electrons. The van der Waals surface area contributed by atoms with Crippen molar-refractivity contribution in [2.45, 2.75) is 18.5 Å². The smallest absolute Gasteiger partial charge is 0.161 e. The fourth-order valence-electron chi connectivity index (χ4n) is 4.04. The highest BCUT2D eigenvalue weighted by Crippen LogP contribution is 2.53. The summed E-state index contributed by atoms with van der Waals surface area (Å²) in [7, 11) is 2.97. The van der Waals surface area contributed by atoms with Crippen LogP contribution in [-0.2, 0) is 9.47 Å². The van der Waals surface area contributed by atoms with Crippen molar-refractivity contribution in [2.24, 2.45) is 11.8 Å². The number of fused-ring (bicyclic) bond motifs is 1. The van der Waals surface area contributed by atoms with E-state index >= 15 is 0 Å². The lowest BCUT2D eigenvalue weighted by Crippen LogP contribution is -2.22. The minimum Gasteiger partial charge on any atom is -0.504 e.